The maximum absolute atomic E-state index is 12.2. The van der Waals surface area contributed by atoms with Crippen molar-refractivity contribution in [3.05, 3.63) is 70.8 Å². The van der Waals surface area contributed by atoms with Crippen molar-refractivity contribution in [2.75, 3.05) is 0 Å². The van der Waals surface area contributed by atoms with Crippen molar-refractivity contribution in [1.82, 2.24) is 0 Å². The Labute approximate surface area is 218 Å². The molecule has 0 saturated carbocycles. The molecule has 0 saturated heterocycles. The van der Waals surface area contributed by atoms with Crippen LogP contribution in [0.4, 0.5) is 0 Å². The highest BCUT2D eigenvalue weighted by molar-refractivity contribution is 5.88. The van der Waals surface area contributed by atoms with Crippen LogP contribution in [0.5, 0.6) is 0 Å². The second kappa shape index (κ2) is 16.2. The Balaban J connectivity index is 1.97. The third kappa shape index (κ3) is 10.6. The van der Waals surface area contributed by atoms with Gasteiger partial charge in [0.05, 0.1) is 0 Å². The van der Waals surface area contributed by atoms with Gasteiger partial charge in [0.25, 0.3) is 0 Å². The number of ether oxygens (including phenoxy) is 2. The number of hydrogen-bond donors (Lipinski definition) is 0. The van der Waals surface area contributed by atoms with Crippen LogP contribution in [0.25, 0.3) is 0 Å². The number of esters is 2. The van der Waals surface area contributed by atoms with E-state index < -0.39 is 0 Å². The van der Waals surface area contributed by atoms with E-state index in [1.54, 1.807) is 13.8 Å². The molecule has 2 aliphatic rings. The van der Waals surface area contributed by atoms with Crippen LogP contribution in [0, 0.1) is 0 Å². The molecule has 4 heteroatoms. The number of rotatable bonds is 16. The van der Waals surface area contributed by atoms with Crippen molar-refractivity contribution in [2.45, 2.75) is 117 Å². The minimum atomic E-state index is -0.374. The molecule has 0 bridgehead atoms. The molecule has 36 heavy (non-hydrogen) atoms. The lowest BCUT2D eigenvalue weighted by molar-refractivity contribution is -0.136. The maximum Gasteiger partial charge on any atom is 0.338 e. The van der Waals surface area contributed by atoms with E-state index in [1.807, 2.05) is 6.08 Å². The van der Waals surface area contributed by atoms with Gasteiger partial charge in [0.15, 0.2) is 0 Å². The van der Waals surface area contributed by atoms with E-state index in [4.69, 9.17) is 9.47 Å². The Morgan fingerprint density at radius 2 is 1.28 bits per heavy atom. The first kappa shape index (κ1) is 29.6. The van der Waals surface area contributed by atoms with E-state index in [0.29, 0.717) is 23.3 Å². The highest BCUT2D eigenvalue weighted by Gasteiger charge is 2.21. The fraction of sp³-hybridized carbons (Fsp3) is 0.562. The molecule has 0 amide bonds. The van der Waals surface area contributed by atoms with Gasteiger partial charge in [-0.3, -0.25) is 0 Å². The first-order chi connectivity index (χ1) is 17.3. The molecule has 2 aliphatic carbocycles. The fourth-order valence-corrected chi connectivity index (χ4v) is 4.53. The third-order valence-electron chi connectivity index (χ3n) is 6.79. The molecule has 4 nitrogen and oxygen atoms in total. The van der Waals surface area contributed by atoms with Gasteiger partial charge >= 0.3 is 11.9 Å². The molecule has 0 unspecified atom stereocenters. The minimum absolute atomic E-state index is 0.341. The monoisotopic (exact) mass is 494 g/mol. The summed E-state index contributed by atoms with van der Waals surface area (Å²) in [5.74, 6) is 0.762. The summed E-state index contributed by atoms with van der Waals surface area (Å²) >= 11 is 0. The Bertz CT molecular complexity index is 926. The Morgan fingerprint density at radius 3 is 1.83 bits per heavy atom. The van der Waals surface area contributed by atoms with Crippen LogP contribution in [-0.2, 0) is 19.1 Å². The van der Waals surface area contributed by atoms with Crippen molar-refractivity contribution in [3.8, 4) is 0 Å². The zero-order valence-electron chi connectivity index (χ0n) is 22.9. The molecular formula is C32H46O4. The predicted molar refractivity (Wildman–Crippen MR) is 148 cm³/mol. The molecule has 0 atom stereocenters. The number of unbranched alkanes of at least 4 members (excludes halogenated alkanes) is 9. The van der Waals surface area contributed by atoms with E-state index in [0.717, 1.165) is 43.4 Å². The second-order valence-corrected chi connectivity index (χ2v) is 10.2. The SMILES string of the molecule is C=C(C)C(=O)OC1=CC=C(C2=CC(CCCCCCCCCCCC)=C(OC(=O)C(=C)C)CC2)CC1. The summed E-state index contributed by atoms with van der Waals surface area (Å²) in [4.78, 5) is 24.0. The Morgan fingerprint density at radius 1 is 0.722 bits per heavy atom. The lowest BCUT2D eigenvalue weighted by Gasteiger charge is -2.23. The van der Waals surface area contributed by atoms with Crippen LogP contribution < -0.4 is 0 Å². The van der Waals surface area contributed by atoms with E-state index in [2.05, 4.69) is 32.2 Å². The smallest absolute Gasteiger partial charge is 0.338 e. The molecule has 2 rings (SSSR count). The van der Waals surface area contributed by atoms with Crippen LogP contribution in [0.15, 0.2) is 70.8 Å². The molecule has 0 aromatic carbocycles. The van der Waals surface area contributed by atoms with Gasteiger partial charge in [-0.1, -0.05) is 90.0 Å². The van der Waals surface area contributed by atoms with E-state index >= 15 is 0 Å². The highest BCUT2D eigenvalue weighted by Crippen LogP contribution is 2.35. The summed E-state index contributed by atoms with van der Waals surface area (Å²) in [6.45, 7) is 13.0. The number of allylic oxidation sites excluding steroid dienone is 8. The summed E-state index contributed by atoms with van der Waals surface area (Å²) in [5.41, 5.74) is 4.51. The first-order valence-corrected chi connectivity index (χ1v) is 13.9. The third-order valence-corrected chi connectivity index (χ3v) is 6.79. The van der Waals surface area contributed by atoms with Gasteiger partial charge in [0.2, 0.25) is 0 Å². The molecule has 0 aliphatic heterocycles. The summed E-state index contributed by atoms with van der Waals surface area (Å²) in [6, 6.07) is 0. The van der Waals surface area contributed by atoms with Crippen molar-refractivity contribution in [1.29, 1.82) is 0 Å². The van der Waals surface area contributed by atoms with Crippen molar-refractivity contribution in [2.24, 2.45) is 0 Å². The van der Waals surface area contributed by atoms with Gasteiger partial charge in [-0.2, -0.15) is 0 Å². The summed E-state index contributed by atoms with van der Waals surface area (Å²) < 4.78 is 11.1. The summed E-state index contributed by atoms with van der Waals surface area (Å²) in [5, 5.41) is 0. The molecule has 0 spiro atoms. The zero-order chi connectivity index (χ0) is 26.3. The molecule has 0 aromatic heterocycles. The average Bonchev–Trinajstić information content (AvgIpc) is 2.86. The number of carbonyl (C=O) groups is 2. The molecule has 0 heterocycles. The van der Waals surface area contributed by atoms with E-state index in [1.165, 1.54) is 68.9 Å². The van der Waals surface area contributed by atoms with Gasteiger partial charge in [-0.15, -0.1) is 0 Å². The van der Waals surface area contributed by atoms with Crippen LogP contribution in [-0.4, -0.2) is 11.9 Å². The lowest BCUT2D eigenvalue weighted by atomic mass is 9.86. The quantitative estimate of drug-likeness (QED) is 0.122. The van der Waals surface area contributed by atoms with Crippen LogP contribution in [0.3, 0.4) is 0 Å². The number of hydrogen-bond acceptors (Lipinski definition) is 4. The van der Waals surface area contributed by atoms with Gasteiger partial charge in [0, 0.05) is 24.0 Å². The van der Waals surface area contributed by atoms with Crippen LogP contribution in [0.2, 0.25) is 0 Å². The first-order valence-electron chi connectivity index (χ1n) is 13.9. The molecule has 0 aromatic rings. The molecular weight excluding hydrogens is 448 g/mol. The second-order valence-electron chi connectivity index (χ2n) is 10.2. The zero-order valence-corrected chi connectivity index (χ0v) is 22.9. The van der Waals surface area contributed by atoms with Gasteiger partial charge in [-0.25, -0.2) is 9.59 Å². The fourth-order valence-electron chi connectivity index (χ4n) is 4.53. The average molecular weight is 495 g/mol. The Kier molecular flexibility index (Phi) is 13.3. The molecule has 0 fully saturated rings. The molecule has 0 radical (unpaired) electrons. The van der Waals surface area contributed by atoms with Gasteiger partial charge in [0.1, 0.15) is 11.5 Å². The lowest BCUT2D eigenvalue weighted by Crippen LogP contribution is -2.11. The van der Waals surface area contributed by atoms with E-state index in [-0.39, 0.29) is 11.9 Å². The molecule has 0 N–H and O–H groups in total. The standard InChI is InChI=1S/C32H46O4/c1-6-7-8-9-10-11-12-13-14-15-16-28-23-27(19-22-30(28)36-32(34)25(4)5)26-17-20-29(21-18-26)35-31(33)24(2)3/h17,20,23H,2,4,6-16,18-19,21-22H2,1,3,5H3. The normalized spacial score (nSPS) is 15.6. The topological polar surface area (TPSA) is 52.6 Å². The van der Waals surface area contributed by atoms with Crippen LogP contribution >= 0.6 is 0 Å². The molecule has 198 valence electrons. The predicted octanol–water partition coefficient (Wildman–Crippen LogP) is 9.11. The maximum atomic E-state index is 12.2. The minimum Gasteiger partial charge on any atom is -0.428 e. The summed E-state index contributed by atoms with van der Waals surface area (Å²) in [7, 11) is 0. The Hall–Kier alpha value is -2.62. The number of carbonyl (C=O) groups excluding carboxylic acids is 2. The van der Waals surface area contributed by atoms with Crippen molar-refractivity contribution < 1.29 is 19.1 Å². The largest absolute Gasteiger partial charge is 0.428 e. The van der Waals surface area contributed by atoms with E-state index in [9.17, 15) is 9.59 Å². The van der Waals surface area contributed by atoms with Crippen molar-refractivity contribution >= 4 is 11.9 Å². The summed E-state index contributed by atoms with van der Waals surface area (Å²) in [6.07, 6.45) is 23.1. The van der Waals surface area contributed by atoms with Gasteiger partial charge < -0.3 is 9.47 Å². The van der Waals surface area contributed by atoms with Gasteiger partial charge in [-0.05, 0) is 62.3 Å². The van der Waals surface area contributed by atoms with Crippen LogP contribution in [0.1, 0.15) is 117 Å². The van der Waals surface area contributed by atoms with Crippen molar-refractivity contribution in [3.63, 3.8) is 0 Å². The highest BCUT2D eigenvalue weighted by atomic mass is 16.5.